The summed E-state index contributed by atoms with van der Waals surface area (Å²) in [6.45, 7) is 8.35. The Balaban J connectivity index is 0.00000341. The Morgan fingerprint density at radius 2 is 1.68 bits per heavy atom. The van der Waals surface area contributed by atoms with Crippen molar-refractivity contribution >= 4 is 47.2 Å². The summed E-state index contributed by atoms with van der Waals surface area (Å²) < 4.78 is 11.4. The molecule has 7 nitrogen and oxygen atoms in total. The molecule has 8 heteroatoms. The van der Waals surface area contributed by atoms with Crippen LogP contribution in [0.15, 0.2) is 47.5 Å². The van der Waals surface area contributed by atoms with E-state index >= 15 is 0 Å². The average Bonchev–Trinajstić information content (AvgIpc) is 2.98. The lowest BCUT2D eigenvalue weighted by atomic mass is 10.2. The normalized spacial score (nSPS) is 13.1. The number of halogens is 1. The molecule has 0 atom stereocenters. The molecule has 3 N–H and O–H groups in total. The Bertz CT molecular complexity index is 885. The lowest BCUT2D eigenvalue weighted by Gasteiger charge is -2.14. The molecular weight excluding hydrogens is 507 g/mol. The number of amides is 1. The molecule has 3 rings (SSSR count). The Labute approximate surface area is 201 Å². The maximum Gasteiger partial charge on any atom is 0.226 e. The van der Waals surface area contributed by atoms with Crippen LogP contribution in [0.3, 0.4) is 0 Å². The molecule has 168 valence electrons. The number of aliphatic imine (C=N–C) groups is 1. The first-order chi connectivity index (χ1) is 14.5. The molecule has 0 spiro atoms. The van der Waals surface area contributed by atoms with Gasteiger partial charge in [0.05, 0.1) is 19.8 Å². The predicted molar refractivity (Wildman–Crippen MR) is 136 cm³/mol. The minimum absolute atomic E-state index is 0. The summed E-state index contributed by atoms with van der Waals surface area (Å²) in [7, 11) is 0. The van der Waals surface area contributed by atoms with Gasteiger partial charge in [0.15, 0.2) is 17.5 Å². The molecule has 1 heterocycles. The minimum Gasteiger partial charge on any atom is -0.490 e. The highest BCUT2D eigenvalue weighted by molar-refractivity contribution is 14.0. The number of hydrogen-bond donors (Lipinski definition) is 3. The van der Waals surface area contributed by atoms with Crippen LogP contribution in [0.4, 0.5) is 11.4 Å². The van der Waals surface area contributed by atoms with Crippen LogP contribution in [-0.4, -0.2) is 31.6 Å². The number of nitrogens with one attached hydrogen (secondary N) is 3. The first kappa shape index (κ1) is 24.8. The minimum atomic E-state index is -0.0482. The molecular formula is C23H31IN4O3. The highest BCUT2D eigenvalue weighted by Gasteiger charge is 2.11. The van der Waals surface area contributed by atoms with Gasteiger partial charge in [-0.1, -0.05) is 26.0 Å². The summed E-state index contributed by atoms with van der Waals surface area (Å²) in [5.74, 6) is 2.16. The highest BCUT2D eigenvalue weighted by atomic mass is 127. The molecule has 1 aliphatic heterocycles. The Kier molecular flexibility index (Phi) is 9.90. The van der Waals surface area contributed by atoms with Crippen LogP contribution < -0.4 is 25.4 Å². The molecule has 0 saturated carbocycles. The molecule has 0 fully saturated rings. The molecule has 2 aromatic rings. The maximum atomic E-state index is 11.8. The van der Waals surface area contributed by atoms with Crippen LogP contribution in [0.1, 0.15) is 32.8 Å². The molecule has 1 aliphatic rings. The molecule has 0 radical (unpaired) electrons. The number of nitrogens with zero attached hydrogens (tertiary/aromatic N) is 1. The van der Waals surface area contributed by atoms with E-state index in [0.29, 0.717) is 25.7 Å². The first-order valence-electron chi connectivity index (χ1n) is 10.4. The summed E-state index contributed by atoms with van der Waals surface area (Å²) >= 11 is 0. The monoisotopic (exact) mass is 538 g/mol. The van der Waals surface area contributed by atoms with Crippen LogP contribution in [-0.2, 0) is 11.3 Å². The fourth-order valence-corrected chi connectivity index (χ4v) is 2.84. The van der Waals surface area contributed by atoms with Crippen LogP contribution >= 0.6 is 24.0 Å². The molecule has 1 amide bonds. The lowest BCUT2D eigenvalue weighted by molar-refractivity contribution is -0.118. The fraction of sp³-hybridized carbons (Fsp3) is 0.391. The van der Waals surface area contributed by atoms with E-state index in [-0.39, 0.29) is 35.8 Å². The molecule has 0 aromatic heterocycles. The second kappa shape index (κ2) is 12.4. The number of ether oxygens (including phenoxy) is 2. The van der Waals surface area contributed by atoms with E-state index in [9.17, 15) is 4.79 Å². The van der Waals surface area contributed by atoms with E-state index in [1.54, 1.807) is 0 Å². The van der Waals surface area contributed by atoms with E-state index in [0.717, 1.165) is 41.4 Å². The SMILES string of the molecule is CCNC(=NCc1ccc(NC(=O)C(C)C)cc1)Nc1ccc2c(c1)OCCCO2.I. The van der Waals surface area contributed by atoms with Crippen molar-refractivity contribution in [3.8, 4) is 11.5 Å². The second-order valence-corrected chi connectivity index (χ2v) is 7.37. The van der Waals surface area contributed by atoms with Gasteiger partial charge in [-0.25, -0.2) is 4.99 Å². The van der Waals surface area contributed by atoms with Crippen molar-refractivity contribution in [2.75, 3.05) is 30.4 Å². The van der Waals surface area contributed by atoms with Gasteiger partial charge >= 0.3 is 0 Å². The van der Waals surface area contributed by atoms with E-state index in [2.05, 4.69) is 20.9 Å². The van der Waals surface area contributed by atoms with Crippen LogP contribution in [0.5, 0.6) is 11.5 Å². The molecule has 0 aliphatic carbocycles. The summed E-state index contributed by atoms with van der Waals surface area (Å²) in [5, 5.41) is 9.46. The number of rotatable bonds is 6. The number of carbonyl (C=O) groups is 1. The third-order valence-electron chi connectivity index (χ3n) is 4.52. The predicted octanol–water partition coefficient (Wildman–Crippen LogP) is 4.64. The summed E-state index contributed by atoms with van der Waals surface area (Å²) in [5.41, 5.74) is 2.72. The fourth-order valence-electron chi connectivity index (χ4n) is 2.84. The van der Waals surface area contributed by atoms with E-state index in [1.807, 2.05) is 63.2 Å². The van der Waals surface area contributed by atoms with Crippen molar-refractivity contribution < 1.29 is 14.3 Å². The van der Waals surface area contributed by atoms with E-state index in [4.69, 9.17) is 9.47 Å². The Morgan fingerprint density at radius 1 is 1.00 bits per heavy atom. The smallest absolute Gasteiger partial charge is 0.226 e. The molecule has 31 heavy (non-hydrogen) atoms. The largest absolute Gasteiger partial charge is 0.490 e. The molecule has 0 unspecified atom stereocenters. The van der Waals surface area contributed by atoms with Gasteiger partial charge in [-0.05, 0) is 36.8 Å². The van der Waals surface area contributed by atoms with Crippen molar-refractivity contribution in [3.63, 3.8) is 0 Å². The third-order valence-corrected chi connectivity index (χ3v) is 4.52. The van der Waals surface area contributed by atoms with E-state index < -0.39 is 0 Å². The van der Waals surface area contributed by atoms with Gasteiger partial charge in [0, 0.05) is 36.3 Å². The zero-order chi connectivity index (χ0) is 21.3. The van der Waals surface area contributed by atoms with Gasteiger partial charge in [-0.15, -0.1) is 24.0 Å². The van der Waals surface area contributed by atoms with Crippen LogP contribution in [0, 0.1) is 5.92 Å². The van der Waals surface area contributed by atoms with Crippen LogP contribution in [0.25, 0.3) is 0 Å². The van der Waals surface area contributed by atoms with Crippen molar-refractivity contribution in [2.45, 2.75) is 33.7 Å². The highest BCUT2D eigenvalue weighted by Crippen LogP contribution is 2.32. The first-order valence-corrected chi connectivity index (χ1v) is 10.4. The van der Waals surface area contributed by atoms with Gasteiger partial charge in [-0.3, -0.25) is 4.79 Å². The number of carbonyl (C=O) groups excluding carboxylic acids is 1. The number of benzene rings is 2. The average molecular weight is 538 g/mol. The lowest BCUT2D eigenvalue weighted by Crippen LogP contribution is -2.30. The van der Waals surface area contributed by atoms with E-state index in [1.165, 1.54) is 0 Å². The third kappa shape index (κ3) is 7.61. The van der Waals surface area contributed by atoms with Crippen molar-refractivity contribution in [2.24, 2.45) is 10.9 Å². The van der Waals surface area contributed by atoms with Gasteiger partial charge in [0.2, 0.25) is 5.91 Å². The van der Waals surface area contributed by atoms with Crippen LogP contribution in [0.2, 0.25) is 0 Å². The maximum absolute atomic E-state index is 11.8. The molecule has 0 saturated heterocycles. The van der Waals surface area contributed by atoms with Crippen molar-refractivity contribution in [1.82, 2.24) is 5.32 Å². The number of fused-ring (bicyclic) bond motifs is 1. The number of hydrogen-bond acceptors (Lipinski definition) is 4. The second-order valence-electron chi connectivity index (χ2n) is 7.37. The standard InChI is InChI=1S/C23H30N4O3.HI/c1-4-24-23(27-19-10-11-20-21(14-19)30-13-5-12-29-20)25-15-17-6-8-18(9-7-17)26-22(28)16(2)3;/h6-11,14,16H,4-5,12-13,15H2,1-3H3,(H,26,28)(H2,24,25,27);1H. The quantitative estimate of drug-likeness (QED) is 0.284. The number of guanidine groups is 1. The zero-order valence-electron chi connectivity index (χ0n) is 18.2. The van der Waals surface area contributed by atoms with Gasteiger partial charge in [0.25, 0.3) is 0 Å². The zero-order valence-corrected chi connectivity index (χ0v) is 20.6. The summed E-state index contributed by atoms with van der Waals surface area (Å²) in [6, 6.07) is 13.5. The Hall–Kier alpha value is -2.49. The summed E-state index contributed by atoms with van der Waals surface area (Å²) in [6.07, 6.45) is 0.876. The van der Waals surface area contributed by atoms with Crippen molar-refractivity contribution in [3.05, 3.63) is 48.0 Å². The topological polar surface area (TPSA) is 84.0 Å². The molecule has 0 bridgehead atoms. The number of anilines is 2. The van der Waals surface area contributed by atoms with Gasteiger partial charge in [0.1, 0.15) is 0 Å². The van der Waals surface area contributed by atoms with Crippen molar-refractivity contribution in [1.29, 1.82) is 0 Å². The molecule has 2 aromatic carbocycles. The summed E-state index contributed by atoms with van der Waals surface area (Å²) in [4.78, 5) is 16.5. The Morgan fingerprint density at radius 3 is 2.35 bits per heavy atom. The van der Waals surface area contributed by atoms with Gasteiger partial charge < -0.3 is 25.4 Å². The van der Waals surface area contributed by atoms with Gasteiger partial charge in [-0.2, -0.15) is 0 Å².